The van der Waals surface area contributed by atoms with Gasteiger partial charge in [0, 0.05) is 16.2 Å². The van der Waals surface area contributed by atoms with Gasteiger partial charge in [-0.15, -0.1) is 0 Å². The molecule has 2 N–H and O–H groups in total. The van der Waals surface area contributed by atoms with E-state index in [1.54, 1.807) is 12.3 Å². The number of rotatable bonds is 6. The van der Waals surface area contributed by atoms with Crippen LogP contribution in [0.5, 0.6) is 0 Å². The lowest BCUT2D eigenvalue weighted by Crippen LogP contribution is -2.19. The lowest BCUT2D eigenvalue weighted by Gasteiger charge is -2.10. The van der Waals surface area contributed by atoms with Gasteiger partial charge in [-0.3, -0.25) is 9.36 Å². The lowest BCUT2D eigenvalue weighted by molar-refractivity contribution is 0.659. The van der Waals surface area contributed by atoms with Crippen molar-refractivity contribution in [1.29, 1.82) is 0 Å². The van der Waals surface area contributed by atoms with Crippen LogP contribution in [0.25, 0.3) is 0 Å². The third kappa shape index (κ3) is 5.30. The molecular weight excluding hydrogens is 463 g/mol. The molecular formula is C23H22Cl2N6S. The van der Waals surface area contributed by atoms with Crippen LogP contribution in [0.3, 0.4) is 0 Å². The first kappa shape index (κ1) is 22.3. The van der Waals surface area contributed by atoms with Crippen LogP contribution in [-0.2, 0) is 13.1 Å². The summed E-state index contributed by atoms with van der Waals surface area (Å²) in [7, 11) is 0. The molecule has 0 saturated carbocycles. The van der Waals surface area contributed by atoms with E-state index >= 15 is 0 Å². The Bertz CT molecular complexity index is 1250. The molecule has 164 valence electrons. The van der Waals surface area contributed by atoms with Gasteiger partial charge in [-0.05, 0) is 49.3 Å². The Balaban J connectivity index is 1.41. The van der Waals surface area contributed by atoms with Crippen LogP contribution in [-0.4, -0.2) is 24.7 Å². The van der Waals surface area contributed by atoms with Crippen LogP contribution in [0.4, 0.5) is 11.4 Å². The van der Waals surface area contributed by atoms with Gasteiger partial charge in [0.25, 0.3) is 0 Å². The fraction of sp³-hybridized carbons (Fsp3) is 0.174. The number of nitrogens with one attached hydrogen (secondary N) is 2. The highest BCUT2D eigenvalue weighted by Crippen LogP contribution is 2.25. The summed E-state index contributed by atoms with van der Waals surface area (Å²) in [5.41, 5.74) is 5.61. The first-order valence-corrected chi connectivity index (χ1v) is 11.2. The number of anilines is 2. The number of hydrogen-bond acceptors (Lipinski definition) is 3. The van der Waals surface area contributed by atoms with Gasteiger partial charge in [0.05, 0.1) is 42.0 Å². The zero-order valence-electron chi connectivity index (χ0n) is 17.6. The Labute approximate surface area is 202 Å². The third-order valence-electron chi connectivity index (χ3n) is 5.03. The minimum atomic E-state index is 0.472. The van der Waals surface area contributed by atoms with Crippen molar-refractivity contribution in [2.45, 2.75) is 26.9 Å². The van der Waals surface area contributed by atoms with Gasteiger partial charge in [0.15, 0.2) is 5.11 Å². The molecule has 0 aliphatic rings. The van der Waals surface area contributed by atoms with Crippen molar-refractivity contribution in [3.05, 3.63) is 93.5 Å². The zero-order chi connectivity index (χ0) is 22.7. The Hall–Kier alpha value is -2.87. The molecule has 4 rings (SSSR count). The molecule has 0 bridgehead atoms. The summed E-state index contributed by atoms with van der Waals surface area (Å²) in [5.74, 6) is 0. The summed E-state index contributed by atoms with van der Waals surface area (Å²) in [4.78, 5) is 0. The number of aromatic nitrogens is 4. The standard InChI is InChI=1S/C23H22Cl2N6S/c1-15-22(16(2)31(29-15)13-18-8-9-19(24)10-21(18)25)28-23(32)27-20-11-26-30(14-20)12-17-6-4-3-5-7-17/h3-11,14H,12-13H2,1-2H3,(H2,27,28,32). The van der Waals surface area contributed by atoms with Gasteiger partial charge in [-0.25, -0.2) is 0 Å². The van der Waals surface area contributed by atoms with Crippen molar-refractivity contribution in [3.8, 4) is 0 Å². The molecule has 0 saturated heterocycles. The van der Waals surface area contributed by atoms with Gasteiger partial charge in [0.1, 0.15) is 0 Å². The second-order valence-corrected chi connectivity index (χ2v) is 8.68. The van der Waals surface area contributed by atoms with Gasteiger partial charge in [-0.1, -0.05) is 59.6 Å². The number of benzene rings is 2. The summed E-state index contributed by atoms with van der Waals surface area (Å²) in [6, 6.07) is 15.6. The van der Waals surface area contributed by atoms with Crippen molar-refractivity contribution < 1.29 is 0 Å². The Morgan fingerprint density at radius 2 is 1.81 bits per heavy atom. The second-order valence-electron chi connectivity index (χ2n) is 7.43. The molecule has 0 fully saturated rings. The van der Waals surface area contributed by atoms with Crippen LogP contribution in [0.1, 0.15) is 22.5 Å². The lowest BCUT2D eigenvalue weighted by atomic mass is 10.2. The smallest absolute Gasteiger partial charge is 0.175 e. The van der Waals surface area contributed by atoms with Crippen LogP contribution < -0.4 is 10.6 Å². The Morgan fingerprint density at radius 3 is 2.56 bits per heavy atom. The largest absolute Gasteiger partial charge is 0.330 e. The van der Waals surface area contributed by atoms with E-state index in [0.717, 1.165) is 28.3 Å². The molecule has 9 heteroatoms. The molecule has 0 amide bonds. The van der Waals surface area contributed by atoms with Crippen LogP contribution in [0.15, 0.2) is 60.9 Å². The molecule has 0 aliphatic heterocycles. The number of halogens is 2. The quantitative estimate of drug-likeness (QED) is 0.333. The maximum atomic E-state index is 6.33. The molecule has 0 atom stereocenters. The van der Waals surface area contributed by atoms with E-state index in [-0.39, 0.29) is 0 Å². The maximum Gasteiger partial charge on any atom is 0.175 e. The highest BCUT2D eigenvalue weighted by atomic mass is 35.5. The van der Waals surface area contributed by atoms with Gasteiger partial charge in [0.2, 0.25) is 0 Å². The van der Waals surface area contributed by atoms with E-state index in [1.165, 1.54) is 5.56 Å². The van der Waals surface area contributed by atoms with E-state index in [1.807, 2.05) is 59.7 Å². The fourth-order valence-corrected chi connectivity index (χ4v) is 4.09. The molecule has 0 aliphatic carbocycles. The molecule has 2 aromatic heterocycles. The Morgan fingerprint density at radius 1 is 1.03 bits per heavy atom. The average Bonchev–Trinajstić information content (AvgIpc) is 3.29. The van der Waals surface area contributed by atoms with Gasteiger partial charge in [-0.2, -0.15) is 10.2 Å². The van der Waals surface area contributed by atoms with Crippen LogP contribution in [0, 0.1) is 13.8 Å². The molecule has 2 heterocycles. The number of aryl methyl sites for hydroxylation is 1. The minimum Gasteiger partial charge on any atom is -0.330 e. The maximum absolute atomic E-state index is 6.33. The molecule has 4 aromatic rings. The average molecular weight is 485 g/mol. The van der Waals surface area contributed by atoms with Crippen molar-refractivity contribution in [2.24, 2.45) is 0 Å². The predicted octanol–water partition coefficient (Wildman–Crippen LogP) is 5.91. The molecule has 6 nitrogen and oxygen atoms in total. The number of nitrogens with zero attached hydrogens (tertiary/aromatic N) is 4. The summed E-state index contributed by atoms with van der Waals surface area (Å²) in [6.07, 6.45) is 3.68. The van der Waals surface area contributed by atoms with Crippen molar-refractivity contribution in [2.75, 3.05) is 10.6 Å². The third-order valence-corrected chi connectivity index (χ3v) is 5.82. The predicted molar refractivity (Wildman–Crippen MR) is 135 cm³/mol. The minimum absolute atomic E-state index is 0.472. The molecule has 2 aromatic carbocycles. The van der Waals surface area contributed by atoms with Crippen LogP contribution in [0.2, 0.25) is 10.0 Å². The summed E-state index contributed by atoms with van der Waals surface area (Å²) >= 11 is 17.8. The topological polar surface area (TPSA) is 59.7 Å². The zero-order valence-corrected chi connectivity index (χ0v) is 20.0. The highest BCUT2D eigenvalue weighted by molar-refractivity contribution is 7.80. The number of thiocarbonyl (C=S) groups is 1. The first-order valence-electron chi connectivity index (χ1n) is 10.0. The van der Waals surface area contributed by atoms with Gasteiger partial charge >= 0.3 is 0 Å². The van der Waals surface area contributed by atoms with E-state index in [0.29, 0.717) is 28.2 Å². The van der Waals surface area contributed by atoms with Crippen molar-refractivity contribution >= 4 is 51.9 Å². The monoisotopic (exact) mass is 484 g/mol. The molecule has 0 unspecified atom stereocenters. The number of hydrogen-bond donors (Lipinski definition) is 2. The van der Waals surface area contributed by atoms with E-state index in [2.05, 4.69) is 33.0 Å². The summed E-state index contributed by atoms with van der Waals surface area (Å²) in [6.45, 7) is 5.17. The second kappa shape index (κ2) is 9.73. The van der Waals surface area contributed by atoms with Gasteiger partial charge < -0.3 is 10.6 Å². The first-order chi connectivity index (χ1) is 15.4. The van der Waals surface area contributed by atoms with E-state index in [4.69, 9.17) is 35.4 Å². The van der Waals surface area contributed by atoms with E-state index in [9.17, 15) is 0 Å². The normalized spacial score (nSPS) is 10.9. The highest BCUT2D eigenvalue weighted by Gasteiger charge is 2.14. The van der Waals surface area contributed by atoms with Crippen LogP contribution >= 0.6 is 35.4 Å². The van der Waals surface area contributed by atoms with Crippen molar-refractivity contribution in [1.82, 2.24) is 19.6 Å². The SMILES string of the molecule is Cc1nn(Cc2ccc(Cl)cc2Cl)c(C)c1NC(=S)Nc1cnn(Cc2ccccc2)c1. The fourth-order valence-electron chi connectivity index (χ4n) is 3.40. The summed E-state index contributed by atoms with van der Waals surface area (Å²) < 4.78 is 3.76. The summed E-state index contributed by atoms with van der Waals surface area (Å²) in [5, 5.41) is 17.2. The van der Waals surface area contributed by atoms with E-state index < -0.39 is 0 Å². The Kier molecular flexibility index (Phi) is 6.79. The molecule has 32 heavy (non-hydrogen) atoms. The molecule has 0 spiro atoms. The molecule has 0 radical (unpaired) electrons. The van der Waals surface area contributed by atoms with Crippen molar-refractivity contribution in [3.63, 3.8) is 0 Å².